The second-order valence-electron chi connectivity index (χ2n) is 7.89. The molecule has 8 heteroatoms. The zero-order chi connectivity index (χ0) is 22.0. The Bertz CT molecular complexity index is 962. The maximum atomic E-state index is 12.2. The normalized spacial score (nSPS) is 19.6. The lowest BCUT2D eigenvalue weighted by molar-refractivity contribution is -0.143. The number of ether oxygens (including phenoxy) is 1. The van der Waals surface area contributed by atoms with Crippen molar-refractivity contribution >= 4 is 18.0 Å². The molecule has 4 rings (SSSR count). The van der Waals surface area contributed by atoms with Crippen molar-refractivity contribution < 1.29 is 29.3 Å². The van der Waals surface area contributed by atoms with Crippen molar-refractivity contribution in [1.29, 1.82) is 0 Å². The van der Waals surface area contributed by atoms with Gasteiger partial charge in [0.25, 0.3) is 0 Å². The third-order valence-corrected chi connectivity index (χ3v) is 5.91. The highest BCUT2D eigenvalue weighted by Crippen LogP contribution is 2.44. The largest absolute Gasteiger partial charge is 0.480 e. The van der Waals surface area contributed by atoms with Gasteiger partial charge >= 0.3 is 12.1 Å². The Hall–Kier alpha value is -3.39. The molecule has 2 aliphatic rings. The second kappa shape index (κ2) is 8.77. The fourth-order valence-corrected chi connectivity index (χ4v) is 4.12. The van der Waals surface area contributed by atoms with E-state index in [1.54, 1.807) is 0 Å². The van der Waals surface area contributed by atoms with Crippen molar-refractivity contribution in [2.24, 2.45) is 11.8 Å². The lowest BCUT2D eigenvalue weighted by Gasteiger charge is -2.14. The summed E-state index contributed by atoms with van der Waals surface area (Å²) in [4.78, 5) is 35.1. The van der Waals surface area contributed by atoms with Gasteiger partial charge in [-0.2, -0.15) is 0 Å². The number of carbonyl (C=O) groups is 3. The molecular weight excluding hydrogens is 400 g/mol. The van der Waals surface area contributed by atoms with E-state index >= 15 is 0 Å². The van der Waals surface area contributed by atoms with Crippen LogP contribution in [0.1, 0.15) is 23.5 Å². The van der Waals surface area contributed by atoms with Crippen LogP contribution in [0.3, 0.4) is 0 Å². The third-order valence-electron chi connectivity index (χ3n) is 5.91. The van der Waals surface area contributed by atoms with Gasteiger partial charge in [0, 0.05) is 18.4 Å². The van der Waals surface area contributed by atoms with Gasteiger partial charge in [-0.3, -0.25) is 4.79 Å². The number of alkyl carbamates (subject to hydrolysis) is 1. The van der Waals surface area contributed by atoms with Crippen LogP contribution in [0.2, 0.25) is 0 Å². The van der Waals surface area contributed by atoms with Crippen molar-refractivity contribution in [2.45, 2.75) is 18.4 Å². The van der Waals surface area contributed by atoms with Gasteiger partial charge in [0.2, 0.25) is 5.91 Å². The van der Waals surface area contributed by atoms with E-state index in [9.17, 15) is 14.4 Å². The van der Waals surface area contributed by atoms with E-state index in [-0.39, 0.29) is 30.9 Å². The first-order valence-electron chi connectivity index (χ1n) is 10.2. The summed E-state index contributed by atoms with van der Waals surface area (Å²) in [6.45, 7) is -0.187. The van der Waals surface area contributed by atoms with Gasteiger partial charge in [0.1, 0.15) is 12.6 Å². The molecule has 1 saturated carbocycles. The van der Waals surface area contributed by atoms with Gasteiger partial charge in [-0.1, -0.05) is 48.5 Å². The van der Waals surface area contributed by atoms with Crippen LogP contribution >= 0.6 is 0 Å². The zero-order valence-electron chi connectivity index (χ0n) is 16.8. The topological polar surface area (TPSA) is 125 Å². The van der Waals surface area contributed by atoms with E-state index in [1.807, 2.05) is 36.4 Å². The highest BCUT2D eigenvalue weighted by Gasteiger charge is 2.44. The predicted octanol–water partition coefficient (Wildman–Crippen LogP) is 1.72. The number of carbonyl (C=O) groups excluding carboxylic acids is 2. The minimum Gasteiger partial charge on any atom is -0.480 e. The number of aliphatic hydroxyl groups excluding tert-OH is 1. The summed E-state index contributed by atoms with van der Waals surface area (Å²) < 4.78 is 5.47. The lowest BCUT2D eigenvalue weighted by Crippen LogP contribution is -2.44. The number of hydrogen-bond donors (Lipinski definition) is 4. The summed E-state index contributed by atoms with van der Waals surface area (Å²) in [6, 6.07) is 14.8. The maximum absolute atomic E-state index is 12.2. The highest BCUT2D eigenvalue weighted by molar-refractivity contribution is 5.87. The van der Waals surface area contributed by atoms with Gasteiger partial charge < -0.3 is 25.6 Å². The Balaban J connectivity index is 1.26. The molecule has 3 atom stereocenters. The van der Waals surface area contributed by atoms with E-state index in [0.717, 1.165) is 22.3 Å². The average molecular weight is 424 g/mol. The quantitative estimate of drug-likeness (QED) is 0.511. The van der Waals surface area contributed by atoms with E-state index in [0.29, 0.717) is 6.42 Å². The fourth-order valence-electron chi connectivity index (χ4n) is 4.12. The molecule has 0 heterocycles. The number of rotatable bonds is 8. The number of benzene rings is 2. The summed E-state index contributed by atoms with van der Waals surface area (Å²) >= 11 is 0. The number of aliphatic hydroxyl groups is 1. The first kappa shape index (κ1) is 20.9. The molecule has 0 aromatic heterocycles. The Morgan fingerprint density at radius 3 is 2.23 bits per heavy atom. The first-order chi connectivity index (χ1) is 15.0. The monoisotopic (exact) mass is 424 g/mol. The van der Waals surface area contributed by atoms with Crippen LogP contribution in [0.5, 0.6) is 0 Å². The molecular formula is C23H24N2O6. The zero-order valence-corrected chi connectivity index (χ0v) is 16.8. The molecule has 0 spiro atoms. The van der Waals surface area contributed by atoms with Crippen molar-refractivity contribution in [2.75, 3.05) is 19.8 Å². The van der Waals surface area contributed by atoms with Gasteiger partial charge in [0.15, 0.2) is 0 Å². The summed E-state index contributed by atoms with van der Waals surface area (Å²) in [5, 5.41) is 22.9. The molecule has 0 bridgehead atoms. The third kappa shape index (κ3) is 4.39. The van der Waals surface area contributed by atoms with Crippen LogP contribution in [0.4, 0.5) is 4.79 Å². The molecule has 0 saturated heterocycles. The van der Waals surface area contributed by atoms with E-state index in [2.05, 4.69) is 22.8 Å². The Kier molecular flexibility index (Phi) is 5.90. The summed E-state index contributed by atoms with van der Waals surface area (Å²) in [5.41, 5.74) is 4.57. The lowest BCUT2D eigenvalue weighted by atomic mass is 9.98. The van der Waals surface area contributed by atoms with Crippen molar-refractivity contribution in [3.8, 4) is 11.1 Å². The molecule has 162 valence electrons. The van der Waals surface area contributed by atoms with Crippen LogP contribution in [-0.4, -0.2) is 54.0 Å². The molecule has 1 fully saturated rings. The maximum Gasteiger partial charge on any atom is 0.407 e. The minimum absolute atomic E-state index is 0.0240. The molecule has 8 nitrogen and oxygen atoms in total. The van der Waals surface area contributed by atoms with Crippen molar-refractivity contribution in [3.63, 3.8) is 0 Å². The standard InChI is InChI=1S/C23H24N2O6/c26-11-20(22(28)29)25-21(27)18-9-13(18)10-24-23(30)31-12-19-16-7-3-1-5-14(16)15-6-2-4-8-17(15)19/h1-8,13,18-20,26H,9-12H2,(H,24,30)(H,25,27)(H,28,29). The smallest absolute Gasteiger partial charge is 0.407 e. The van der Waals surface area contributed by atoms with E-state index in [4.69, 9.17) is 14.9 Å². The minimum atomic E-state index is -1.32. The van der Waals surface area contributed by atoms with Crippen LogP contribution in [0.25, 0.3) is 11.1 Å². The highest BCUT2D eigenvalue weighted by atomic mass is 16.5. The number of amides is 2. The number of aliphatic carboxylic acids is 1. The van der Waals surface area contributed by atoms with Crippen LogP contribution in [0.15, 0.2) is 48.5 Å². The van der Waals surface area contributed by atoms with E-state index < -0.39 is 30.6 Å². The average Bonchev–Trinajstić information content (AvgIpc) is 3.49. The Labute approximate surface area is 179 Å². The predicted molar refractivity (Wildman–Crippen MR) is 111 cm³/mol. The SMILES string of the molecule is O=C(NCC1CC1C(=O)NC(CO)C(=O)O)OCC1c2ccccc2-c2ccccc21. The van der Waals surface area contributed by atoms with Crippen LogP contribution < -0.4 is 10.6 Å². The Morgan fingerprint density at radius 1 is 1.03 bits per heavy atom. The Morgan fingerprint density at radius 2 is 1.65 bits per heavy atom. The van der Waals surface area contributed by atoms with Gasteiger partial charge in [-0.05, 0) is 34.6 Å². The van der Waals surface area contributed by atoms with Crippen LogP contribution in [0, 0.1) is 11.8 Å². The van der Waals surface area contributed by atoms with Crippen LogP contribution in [-0.2, 0) is 14.3 Å². The molecule has 4 N–H and O–H groups in total. The fraction of sp³-hybridized carbons (Fsp3) is 0.348. The van der Waals surface area contributed by atoms with Crippen molar-refractivity contribution in [3.05, 3.63) is 59.7 Å². The second-order valence-corrected chi connectivity index (χ2v) is 7.89. The number of carboxylic acids is 1. The van der Waals surface area contributed by atoms with Gasteiger partial charge in [-0.15, -0.1) is 0 Å². The number of hydrogen-bond acceptors (Lipinski definition) is 5. The first-order valence-corrected chi connectivity index (χ1v) is 10.2. The molecule has 2 aromatic carbocycles. The summed E-state index contributed by atoms with van der Waals surface area (Å²) in [6.07, 6.45) is -0.000494. The molecule has 2 amide bonds. The molecule has 2 aliphatic carbocycles. The molecule has 31 heavy (non-hydrogen) atoms. The van der Waals surface area contributed by atoms with Gasteiger partial charge in [0.05, 0.1) is 6.61 Å². The molecule has 2 aromatic rings. The van der Waals surface area contributed by atoms with Crippen molar-refractivity contribution in [1.82, 2.24) is 10.6 Å². The molecule has 0 aliphatic heterocycles. The number of carboxylic acid groups (broad SMARTS) is 1. The number of fused-ring (bicyclic) bond motifs is 3. The van der Waals surface area contributed by atoms with Gasteiger partial charge in [-0.25, -0.2) is 9.59 Å². The van der Waals surface area contributed by atoms with E-state index in [1.165, 1.54) is 0 Å². The molecule has 0 radical (unpaired) electrons. The molecule has 3 unspecified atom stereocenters. The summed E-state index contributed by atoms with van der Waals surface area (Å²) in [5.74, 6) is -2.19. The summed E-state index contributed by atoms with van der Waals surface area (Å²) in [7, 11) is 0. The number of nitrogens with one attached hydrogen (secondary N) is 2.